The Morgan fingerprint density at radius 1 is 1.24 bits per heavy atom. The van der Waals surface area contributed by atoms with Gasteiger partial charge in [0.1, 0.15) is 5.82 Å². The molecular weight excluding hydrogens is 431 g/mol. The second-order valence-corrected chi connectivity index (χ2v) is 6.11. The summed E-state index contributed by atoms with van der Waals surface area (Å²) in [6.45, 7) is 0. The summed E-state index contributed by atoms with van der Waals surface area (Å²) in [6.07, 6.45) is 0. The van der Waals surface area contributed by atoms with Gasteiger partial charge in [0.05, 0.1) is 22.8 Å². The number of carbonyl (C=O) groups excluding carboxylic acids is 1. The van der Waals surface area contributed by atoms with Gasteiger partial charge in [0.2, 0.25) is 0 Å². The second kappa shape index (κ2) is 6.81. The highest BCUT2D eigenvalue weighted by molar-refractivity contribution is 14.1. The molecule has 2 aromatic rings. The van der Waals surface area contributed by atoms with E-state index in [4.69, 9.17) is 27.9 Å². The van der Waals surface area contributed by atoms with Crippen molar-refractivity contribution >= 4 is 57.4 Å². The van der Waals surface area contributed by atoms with E-state index in [1.165, 1.54) is 31.4 Å². The molecule has 2 rings (SSSR count). The normalized spacial score (nSPS) is 10.3. The fraction of sp³-hybridized carbons (Fsp3) is 0.0714. The van der Waals surface area contributed by atoms with Crippen LogP contribution in [-0.4, -0.2) is 13.0 Å². The van der Waals surface area contributed by atoms with Crippen LogP contribution in [0.3, 0.4) is 0 Å². The van der Waals surface area contributed by atoms with Gasteiger partial charge in [0, 0.05) is 9.13 Å². The third-order valence-corrected chi connectivity index (χ3v) is 3.88. The molecule has 0 atom stereocenters. The highest BCUT2D eigenvalue weighted by atomic mass is 127. The molecule has 0 bridgehead atoms. The van der Waals surface area contributed by atoms with Gasteiger partial charge in [0.15, 0.2) is 5.75 Å². The smallest absolute Gasteiger partial charge is 0.255 e. The lowest BCUT2D eigenvalue weighted by molar-refractivity contribution is 0.102. The molecule has 7 heteroatoms. The molecule has 1 amide bonds. The molecule has 0 unspecified atom stereocenters. The highest BCUT2D eigenvalue weighted by Crippen LogP contribution is 2.34. The molecule has 0 aliphatic heterocycles. The SMILES string of the molecule is COc1c(Cl)cc(C(=O)Nc2ccc(I)cc2F)cc1Cl. The van der Waals surface area contributed by atoms with E-state index in [0.29, 0.717) is 0 Å². The largest absolute Gasteiger partial charge is 0.494 e. The zero-order chi connectivity index (χ0) is 15.6. The van der Waals surface area contributed by atoms with Crippen molar-refractivity contribution in [1.82, 2.24) is 0 Å². The van der Waals surface area contributed by atoms with Crippen molar-refractivity contribution in [2.24, 2.45) is 0 Å². The monoisotopic (exact) mass is 439 g/mol. The average Bonchev–Trinajstić information content (AvgIpc) is 2.41. The number of benzene rings is 2. The van der Waals surface area contributed by atoms with Gasteiger partial charge in [-0.25, -0.2) is 4.39 Å². The van der Waals surface area contributed by atoms with Crippen LogP contribution in [0.5, 0.6) is 5.75 Å². The molecule has 0 spiro atoms. The van der Waals surface area contributed by atoms with E-state index < -0.39 is 11.7 Å². The maximum Gasteiger partial charge on any atom is 0.255 e. The van der Waals surface area contributed by atoms with E-state index in [0.717, 1.165) is 3.57 Å². The molecule has 0 heterocycles. The zero-order valence-corrected chi connectivity index (χ0v) is 14.4. The number of rotatable bonds is 3. The van der Waals surface area contributed by atoms with Crippen molar-refractivity contribution in [1.29, 1.82) is 0 Å². The molecule has 0 aromatic heterocycles. The molecule has 0 aliphatic carbocycles. The Kier molecular flexibility index (Phi) is 5.29. The minimum Gasteiger partial charge on any atom is -0.494 e. The quantitative estimate of drug-likeness (QED) is 0.683. The van der Waals surface area contributed by atoms with Crippen LogP contribution in [-0.2, 0) is 0 Å². The molecule has 0 aliphatic rings. The predicted molar refractivity (Wildman–Crippen MR) is 90.1 cm³/mol. The maximum atomic E-state index is 13.7. The number of halogens is 4. The molecule has 3 nitrogen and oxygen atoms in total. The van der Waals surface area contributed by atoms with Gasteiger partial charge >= 0.3 is 0 Å². The third kappa shape index (κ3) is 3.78. The first-order valence-electron chi connectivity index (χ1n) is 5.72. The van der Waals surface area contributed by atoms with Crippen LogP contribution < -0.4 is 10.1 Å². The Bertz CT molecular complexity index is 686. The average molecular weight is 440 g/mol. The van der Waals surface area contributed by atoms with Gasteiger partial charge in [-0.3, -0.25) is 4.79 Å². The topological polar surface area (TPSA) is 38.3 Å². The van der Waals surface area contributed by atoms with Crippen molar-refractivity contribution in [2.45, 2.75) is 0 Å². The van der Waals surface area contributed by atoms with E-state index in [9.17, 15) is 9.18 Å². The van der Waals surface area contributed by atoms with Crippen LogP contribution in [0.4, 0.5) is 10.1 Å². The Hall–Kier alpha value is -1.05. The van der Waals surface area contributed by atoms with Crippen LogP contribution in [0, 0.1) is 9.39 Å². The van der Waals surface area contributed by atoms with E-state index in [1.807, 2.05) is 22.6 Å². The molecule has 21 heavy (non-hydrogen) atoms. The van der Waals surface area contributed by atoms with Crippen molar-refractivity contribution in [3.63, 3.8) is 0 Å². The number of carbonyl (C=O) groups is 1. The molecule has 0 saturated heterocycles. The summed E-state index contributed by atoms with van der Waals surface area (Å²) >= 11 is 13.9. The Balaban J connectivity index is 2.28. The van der Waals surface area contributed by atoms with E-state index >= 15 is 0 Å². The summed E-state index contributed by atoms with van der Waals surface area (Å²) in [7, 11) is 1.42. The van der Waals surface area contributed by atoms with Crippen LogP contribution in [0.15, 0.2) is 30.3 Å². The van der Waals surface area contributed by atoms with Crippen LogP contribution in [0.25, 0.3) is 0 Å². The summed E-state index contributed by atoms with van der Waals surface area (Å²) in [6, 6.07) is 7.32. The number of anilines is 1. The first-order chi connectivity index (χ1) is 9.92. The Labute approximate surface area is 144 Å². The predicted octanol–water partition coefficient (Wildman–Crippen LogP) is 5.00. The van der Waals surface area contributed by atoms with Crippen molar-refractivity contribution in [3.05, 3.63) is 55.3 Å². The highest BCUT2D eigenvalue weighted by Gasteiger charge is 2.15. The number of ether oxygens (including phenoxy) is 1. The van der Waals surface area contributed by atoms with Crippen LogP contribution >= 0.6 is 45.8 Å². The molecule has 110 valence electrons. The molecule has 0 fully saturated rings. The fourth-order valence-corrected chi connectivity index (χ4v) is 2.77. The molecule has 0 saturated carbocycles. The lowest BCUT2D eigenvalue weighted by Gasteiger charge is -2.10. The van der Waals surface area contributed by atoms with Gasteiger partial charge < -0.3 is 10.1 Å². The molecular formula is C14H9Cl2FINO2. The third-order valence-electron chi connectivity index (χ3n) is 2.64. The summed E-state index contributed by atoms with van der Waals surface area (Å²) < 4.78 is 19.5. The van der Waals surface area contributed by atoms with Gasteiger partial charge in [-0.2, -0.15) is 0 Å². The first-order valence-corrected chi connectivity index (χ1v) is 7.55. The molecule has 1 N–H and O–H groups in total. The number of nitrogens with one attached hydrogen (secondary N) is 1. The maximum absolute atomic E-state index is 13.7. The minimum absolute atomic E-state index is 0.0866. The van der Waals surface area contributed by atoms with Gasteiger partial charge in [-0.15, -0.1) is 0 Å². The number of hydrogen-bond donors (Lipinski definition) is 1. The number of hydrogen-bond acceptors (Lipinski definition) is 2. The van der Waals surface area contributed by atoms with E-state index in [1.54, 1.807) is 6.07 Å². The zero-order valence-electron chi connectivity index (χ0n) is 10.7. The number of methoxy groups -OCH3 is 1. The van der Waals surface area contributed by atoms with Crippen LogP contribution in [0.1, 0.15) is 10.4 Å². The van der Waals surface area contributed by atoms with E-state index in [2.05, 4.69) is 5.32 Å². The molecule has 0 radical (unpaired) electrons. The lowest BCUT2D eigenvalue weighted by Crippen LogP contribution is -2.13. The summed E-state index contributed by atoms with van der Waals surface area (Å²) in [4.78, 5) is 12.1. The Morgan fingerprint density at radius 2 is 1.86 bits per heavy atom. The summed E-state index contributed by atoms with van der Waals surface area (Å²) in [5.41, 5.74) is 0.298. The van der Waals surface area contributed by atoms with Gasteiger partial charge in [-0.1, -0.05) is 23.2 Å². The molecule has 2 aromatic carbocycles. The van der Waals surface area contributed by atoms with Crippen molar-refractivity contribution in [2.75, 3.05) is 12.4 Å². The first kappa shape index (κ1) is 16.3. The van der Waals surface area contributed by atoms with Crippen molar-refractivity contribution < 1.29 is 13.9 Å². The van der Waals surface area contributed by atoms with Crippen LogP contribution in [0.2, 0.25) is 10.0 Å². The summed E-state index contributed by atoms with van der Waals surface area (Å²) in [5.74, 6) is -0.738. The minimum atomic E-state index is -0.513. The Morgan fingerprint density at radius 3 is 2.38 bits per heavy atom. The number of amides is 1. The van der Waals surface area contributed by atoms with Gasteiger partial charge in [0.25, 0.3) is 5.91 Å². The van der Waals surface area contributed by atoms with Gasteiger partial charge in [-0.05, 0) is 52.9 Å². The fourth-order valence-electron chi connectivity index (χ4n) is 1.67. The summed E-state index contributed by atoms with van der Waals surface area (Å²) in [5, 5.41) is 2.88. The van der Waals surface area contributed by atoms with E-state index in [-0.39, 0.29) is 27.0 Å². The standard InChI is InChI=1S/C14H9Cl2FINO2/c1-21-13-9(15)4-7(5-10(13)16)14(20)19-12-3-2-8(18)6-11(12)17/h2-6H,1H3,(H,19,20). The van der Waals surface area contributed by atoms with Crippen molar-refractivity contribution in [3.8, 4) is 5.75 Å². The second-order valence-electron chi connectivity index (χ2n) is 4.05. The lowest BCUT2D eigenvalue weighted by atomic mass is 10.2.